The Labute approximate surface area is 206 Å². The molecule has 1 saturated heterocycles. The van der Waals surface area contributed by atoms with Crippen LogP contribution in [-0.2, 0) is 16.0 Å². The zero-order valence-electron chi connectivity index (χ0n) is 20.3. The third-order valence-electron chi connectivity index (χ3n) is 5.83. The van der Waals surface area contributed by atoms with Crippen molar-refractivity contribution in [2.24, 2.45) is 0 Å². The predicted molar refractivity (Wildman–Crippen MR) is 138 cm³/mol. The molecular formula is C29H32N2O4. The summed E-state index contributed by atoms with van der Waals surface area (Å²) >= 11 is 0. The predicted octanol–water partition coefficient (Wildman–Crippen LogP) is 4.84. The lowest BCUT2D eigenvalue weighted by Gasteiger charge is -2.26. The molecule has 0 aromatic heterocycles. The van der Waals surface area contributed by atoms with Crippen molar-refractivity contribution in [2.75, 3.05) is 38.2 Å². The van der Waals surface area contributed by atoms with Crippen LogP contribution >= 0.6 is 0 Å². The highest BCUT2D eigenvalue weighted by Gasteiger charge is 2.18. The van der Waals surface area contributed by atoms with Gasteiger partial charge in [0.1, 0.15) is 5.75 Å². The first-order chi connectivity index (χ1) is 17.0. The molecule has 182 valence electrons. The van der Waals surface area contributed by atoms with Gasteiger partial charge in [-0.2, -0.15) is 0 Å². The summed E-state index contributed by atoms with van der Waals surface area (Å²) in [5.41, 5.74) is 4.25. The Hall–Kier alpha value is -3.48. The number of carbonyl (C=O) groups is 2. The van der Waals surface area contributed by atoms with E-state index in [4.69, 9.17) is 9.47 Å². The number of anilines is 1. The molecule has 0 bridgehead atoms. The molecule has 0 atom stereocenters. The van der Waals surface area contributed by atoms with E-state index in [9.17, 15) is 9.59 Å². The number of ketones is 1. The highest BCUT2D eigenvalue weighted by molar-refractivity contribution is 6.00. The number of hydrogen-bond acceptors (Lipinski definition) is 5. The quantitative estimate of drug-likeness (QED) is 0.452. The molecule has 1 fully saturated rings. The van der Waals surface area contributed by atoms with Gasteiger partial charge >= 0.3 is 0 Å². The number of morpholine rings is 1. The minimum Gasteiger partial charge on any atom is -0.489 e. The van der Waals surface area contributed by atoms with E-state index in [2.05, 4.69) is 22.3 Å². The second kappa shape index (κ2) is 11.8. The number of amides is 1. The van der Waals surface area contributed by atoms with Gasteiger partial charge in [-0.1, -0.05) is 54.6 Å². The number of carbonyl (C=O) groups excluding carboxylic acids is 2. The SMILES string of the molecule is CC(C)Oc1ccc(C(=O)Cc2ccc(-c3ccccc3)cc2)cc1NC(=O)CN1CCOCC1. The Balaban J connectivity index is 1.46. The fraction of sp³-hybridized carbons (Fsp3) is 0.310. The molecule has 1 amide bonds. The van der Waals surface area contributed by atoms with E-state index in [1.165, 1.54) is 0 Å². The van der Waals surface area contributed by atoms with Crippen LogP contribution in [0.3, 0.4) is 0 Å². The van der Waals surface area contributed by atoms with Gasteiger partial charge in [0.25, 0.3) is 0 Å². The van der Waals surface area contributed by atoms with Crippen LogP contribution in [0.5, 0.6) is 5.75 Å². The van der Waals surface area contributed by atoms with E-state index in [1.54, 1.807) is 18.2 Å². The maximum absolute atomic E-state index is 13.1. The van der Waals surface area contributed by atoms with Crippen molar-refractivity contribution in [3.8, 4) is 16.9 Å². The second-order valence-corrected chi connectivity index (χ2v) is 8.98. The third kappa shape index (κ3) is 7.01. The van der Waals surface area contributed by atoms with Gasteiger partial charge in [0.2, 0.25) is 5.91 Å². The second-order valence-electron chi connectivity index (χ2n) is 8.98. The molecule has 6 heteroatoms. The standard InChI is InChI=1S/C29H32N2O4/c1-21(2)35-28-13-12-25(19-26(28)30-29(33)20-31-14-16-34-17-15-31)27(32)18-22-8-10-24(11-9-22)23-6-4-3-5-7-23/h3-13,19,21H,14-18,20H2,1-2H3,(H,30,33). The van der Waals surface area contributed by atoms with E-state index < -0.39 is 0 Å². The first-order valence-electron chi connectivity index (χ1n) is 12.1. The van der Waals surface area contributed by atoms with Gasteiger partial charge in [-0.05, 0) is 48.7 Å². The molecular weight excluding hydrogens is 440 g/mol. The van der Waals surface area contributed by atoms with Crippen LogP contribution in [0.15, 0.2) is 72.8 Å². The first kappa shape index (κ1) is 24.6. The van der Waals surface area contributed by atoms with Crippen LogP contribution < -0.4 is 10.1 Å². The first-order valence-corrected chi connectivity index (χ1v) is 12.1. The molecule has 3 aromatic rings. The van der Waals surface area contributed by atoms with Gasteiger partial charge in [0.05, 0.1) is 31.5 Å². The average Bonchev–Trinajstić information content (AvgIpc) is 2.86. The van der Waals surface area contributed by atoms with Crippen molar-refractivity contribution < 1.29 is 19.1 Å². The van der Waals surface area contributed by atoms with E-state index in [0.717, 1.165) is 29.8 Å². The molecule has 6 nitrogen and oxygen atoms in total. The lowest BCUT2D eigenvalue weighted by atomic mass is 9.99. The molecule has 1 N–H and O–H groups in total. The van der Waals surface area contributed by atoms with Crippen molar-refractivity contribution in [3.05, 3.63) is 83.9 Å². The summed E-state index contributed by atoms with van der Waals surface area (Å²) in [6, 6.07) is 23.4. The topological polar surface area (TPSA) is 67.9 Å². The number of benzene rings is 3. The summed E-state index contributed by atoms with van der Waals surface area (Å²) in [6.45, 7) is 6.84. The molecule has 1 heterocycles. The largest absolute Gasteiger partial charge is 0.489 e. The fourth-order valence-electron chi connectivity index (χ4n) is 4.04. The van der Waals surface area contributed by atoms with E-state index in [1.807, 2.05) is 56.3 Å². The number of Topliss-reactive ketones (excluding diaryl/α,β-unsaturated/α-hetero) is 1. The summed E-state index contributed by atoms with van der Waals surface area (Å²) < 4.78 is 11.2. The Morgan fingerprint density at radius 1 is 0.943 bits per heavy atom. The van der Waals surface area contributed by atoms with Crippen LogP contribution in [0.1, 0.15) is 29.8 Å². The monoisotopic (exact) mass is 472 g/mol. The zero-order valence-corrected chi connectivity index (χ0v) is 20.3. The minimum absolute atomic E-state index is 0.0164. The van der Waals surface area contributed by atoms with Gasteiger partial charge in [-0.3, -0.25) is 14.5 Å². The highest BCUT2D eigenvalue weighted by atomic mass is 16.5. The molecule has 0 spiro atoms. The van der Waals surface area contributed by atoms with Gasteiger partial charge in [-0.15, -0.1) is 0 Å². The highest BCUT2D eigenvalue weighted by Crippen LogP contribution is 2.28. The summed E-state index contributed by atoms with van der Waals surface area (Å²) in [4.78, 5) is 27.8. The van der Waals surface area contributed by atoms with Crippen LogP contribution in [0.4, 0.5) is 5.69 Å². The minimum atomic E-state index is -0.137. The smallest absolute Gasteiger partial charge is 0.238 e. The van der Waals surface area contributed by atoms with E-state index >= 15 is 0 Å². The third-order valence-corrected chi connectivity index (χ3v) is 5.83. The number of nitrogens with zero attached hydrogens (tertiary/aromatic N) is 1. The van der Waals surface area contributed by atoms with Crippen LogP contribution in [0.25, 0.3) is 11.1 Å². The molecule has 3 aromatic carbocycles. The molecule has 0 aliphatic carbocycles. The van der Waals surface area contributed by atoms with E-state index in [0.29, 0.717) is 30.2 Å². The van der Waals surface area contributed by atoms with Crippen LogP contribution in [-0.4, -0.2) is 55.5 Å². The lowest BCUT2D eigenvalue weighted by Crippen LogP contribution is -2.41. The molecule has 4 rings (SSSR count). The maximum atomic E-state index is 13.1. The van der Waals surface area contributed by atoms with Crippen LogP contribution in [0, 0.1) is 0 Å². The van der Waals surface area contributed by atoms with Crippen molar-refractivity contribution in [1.82, 2.24) is 4.90 Å². The maximum Gasteiger partial charge on any atom is 0.238 e. The lowest BCUT2D eigenvalue weighted by molar-refractivity contribution is -0.118. The molecule has 1 aliphatic rings. The Bertz CT molecular complexity index is 1140. The molecule has 1 aliphatic heterocycles. The zero-order chi connectivity index (χ0) is 24.6. The van der Waals surface area contributed by atoms with E-state index in [-0.39, 0.29) is 30.8 Å². The average molecular weight is 473 g/mol. The van der Waals surface area contributed by atoms with Crippen molar-refractivity contribution >= 4 is 17.4 Å². The molecule has 0 radical (unpaired) electrons. The van der Waals surface area contributed by atoms with Gasteiger partial charge in [0, 0.05) is 25.1 Å². The normalized spacial score (nSPS) is 14.0. The summed E-state index contributed by atoms with van der Waals surface area (Å²) in [6.07, 6.45) is 0.218. The van der Waals surface area contributed by atoms with Crippen molar-refractivity contribution in [3.63, 3.8) is 0 Å². The Morgan fingerprint density at radius 2 is 1.63 bits per heavy atom. The summed E-state index contributed by atoms with van der Waals surface area (Å²) in [5.74, 6) is 0.401. The molecule has 0 unspecified atom stereocenters. The van der Waals surface area contributed by atoms with Crippen molar-refractivity contribution in [2.45, 2.75) is 26.4 Å². The number of ether oxygens (including phenoxy) is 2. The Morgan fingerprint density at radius 3 is 2.31 bits per heavy atom. The summed E-state index contributed by atoms with van der Waals surface area (Å²) in [5, 5.41) is 2.95. The van der Waals surface area contributed by atoms with Crippen molar-refractivity contribution in [1.29, 1.82) is 0 Å². The number of hydrogen-bond donors (Lipinski definition) is 1. The van der Waals surface area contributed by atoms with Gasteiger partial charge in [-0.25, -0.2) is 0 Å². The van der Waals surface area contributed by atoms with Gasteiger partial charge in [0.15, 0.2) is 5.78 Å². The van der Waals surface area contributed by atoms with Crippen LogP contribution in [0.2, 0.25) is 0 Å². The molecule has 35 heavy (non-hydrogen) atoms. The Kier molecular flexibility index (Phi) is 8.29. The number of rotatable bonds is 9. The summed E-state index contributed by atoms with van der Waals surface area (Å²) in [7, 11) is 0. The van der Waals surface area contributed by atoms with Gasteiger partial charge < -0.3 is 14.8 Å². The number of nitrogens with one attached hydrogen (secondary N) is 1. The molecule has 0 saturated carbocycles. The fourth-order valence-corrected chi connectivity index (χ4v) is 4.04.